The lowest BCUT2D eigenvalue weighted by atomic mass is 10.2. The van der Waals surface area contributed by atoms with Crippen LogP contribution in [0.3, 0.4) is 0 Å². The van der Waals surface area contributed by atoms with Crippen molar-refractivity contribution in [2.24, 2.45) is 0 Å². The maximum absolute atomic E-state index is 5.45. The van der Waals surface area contributed by atoms with Crippen molar-refractivity contribution >= 4 is 0 Å². The van der Waals surface area contributed by atoms with E-state index in [9.17, 15) is 0 Å². The molecule has 17 heavy (non-hydrogen) atoms. The van der Waals surface area contributed by atoms with E-state index in [-0.39, 0.29) is 0 Å². The van der Waals surface area contributed by atoms with Gasteiger partial charge in [0.1, 0.15) is 5.82 Å². The summed E-state index contributed by atoms with van der Waals surface area (Å²) in [5.41, 5.74) is 1.01. The summed E-state index contributed by atoms with van der Waals surface area (Å²) < 4.78 is 10.9. The topological polar surface area (TPSA) is 47.1 Å². The van der Waals surface area contributed by atoms with Gasteiger partial charge >= 0.3 is 0 Å². The van der Waals surface area contributed by atoms with Crippen LogP contribution in [0.1, 0.15) is 13.8 Å². The van der Waals surface area contributed by atoms with E-state index in [4.69, 9.17) is 9.47 Å². The van der Waals surface area contributed by atoms with Gasteiger partial charge in [-0.3, -0.25) is 0 Å². The minimum atomic E-state index is 0.521. The first-order valence-corrected chi connectivity index (χ1v) is 5.76. The predicted octanol–water partition coefficient (Wildman–Crippen LogP) is 2.87. The molecule has 2 rings (SSSR count). The third-order valence-electron chi connectivity index (χ3n) is 2.26. The zero-order valence-electron chi connectivity index (χ0n) is 10.1. The average molecular weight is 232 g/mol. The molecular weight excluding hydrogens is 216 g/mol. The first-order chi connectivity index (χ1) is 8.35. The van der Waals surface area contributed by atoms with Gasteiger partial charge in [-0.25, -0.2) is 0 Å². The number of H-pyrrole nitrogens is 1. The van der Waals surface area contributed by atoms with E-state index >= 15 is 0 Å². The summed E-state index contributed by atoms with van der Waals surface area (Å²) in [6.07, 6.45) is 0. The van der Waals surface area contributed by atoms with Crippen LogP contribution < -0.4 is 9.47 Å². The molecular formula is C13H16N2O2. The van der Waals surface area contributed by atoms with E-state index in [0.717, 1.165) is 11.4 Å². The summed E-state index contributed by atoms with van der Waals surface area (Å²) in [4.78, 5) is 7.51. The maximum Gasteiger partial charge on any atom is 0.278 e. The Morgan fingerprint density at radius 3 is 2.41 bits per heavy atom. The standard InChI is InChI=1S/C13H16N2O2/c1-3-16-12-13(17-4-2)15-11(14-12)10-8-6-5-7-9-10/h5-9H,3-4H2,1-2H3,(H,14,15). The van der Waals surface area contributed by atoms with Crippen LogP contribution in [0.25, 0.3) is 11.4 Å². The molecule has 1 aromatic carbocycles. The van der Waals surface area contributed by atoms with E-state index in [1.165, 1.54) is 0 Å². The van der Waals surface area contributed by atoms with Crippen LogP contribution in [0, 0.1) is 0 Å². The average Bonchev–Trinajstić information content (AvgIpc) is 2.75. The number of imidazole rings is 1. The van der Waals surface area contributed by atoms with Crippen molar-refractivity contribution < 1.29 is 9.47 Å². The van der Waals surface area contributed by atoms with Crippen LogP contribution >= 0.6 is 0 Å². The van der Waals surface area contributed by atoms with Gasteiger partial charge in [-0.2, -0.15) is 4.98 Å². The van der Waals surface area contributed by atoms with E-state index < -0.39 is 0 Å². The molecule has 0 aliphatic heterocycles. The van der Waals surface area contributed by atoms with Crippen molar-refractivity contribution in [1.29, 1.82) is 0 Å². The van der Waals surface area contributed by atoms with Gasteiger partial charge in [0.15, 0.2) is 0 Å². The monoisotopic (exact) mass is 232 g/mol. The van der Waals surface area contributed by atoms with Crippen molar-refractivity contribution in [2.45, 2.75) is 13.8 Å². The first-order valence-electron chi connectivity index (χ1n) is 5.76. The molecule has 1 heterocycles. The molecule has 1 N–H and O–H groups in total. The lowest BCUT2D eigenvalue weighted by molar-refractivity contribution is 0.276. The van der Waals surface area contributed by atoms with E-state index in [1.807, 2.05) is 44.2 Å². The van der Waals surface area contributed by atoms with E-state index in [1.54, 1.807) is 0 Å². The van der Waals surface area contributed by atoms with Crippen LogP contribution in [0.15, 0.2) is 30.3 Å². The van der Waals surface area contributed by atoms with Crippen molar-refractivity contribution in [3.63, 3.8) is 0 Å². The normalized spacial score (nSPS) is 10.2. The SMILES string of the molecule is CCOc1nc(-c2ccccc2)[nH]c1OCC. The Morgan fingerprint density at radius 1 is 1.06 bits per heavy atom. The molecule has 4 nitrogen and oxygen atoms in total. The fourth-order valence-electron chi connectivity index (χ4n) is 1.55. The molecule has 0 bridgehead atoms. The largest absolute Gasteiger partial charge is 0.475 e. The van der Waals surface area contributed by atoms with Gasteiger partial charge in [0, 0.05) is 5.56 Å². The maximum atomic E-state index is 5.45. The second kappa shape index (κ2) is 5.39. The second-order valence-corrected chi connectivity index (χ2v) is 3.45. The summed E-state index contributed by atoms with van der Waals surface area (Å²) in [5, 5.41) is 0. The quantitative estimate of drug-likeness (QED) is 0.862. The zero-order chi connectivity index (χ0) is 12.1. The molecule has 0 saturated carbocycles. The third kappa shape index (κ3) is 2.58. The molecule has 0 radical (unpaired) electrons. The summed E-state index contributed by atoms with van der Waals surface area (Å²) in [5.74, 6) is 1.87. The highest BCUT2D eigenvalue weighted by Gasteiger charge is 2.13. The molecule has 0 aliphatic carbocycles. The number of ether oxygens (including phenoxy) is 2. The Labute approximate surface area is 101 Å². The van der Waals surface area contributed by atoms with Crippen LogP contribution in [-0.2, 0) is 0 Å². The summed E-state index contributed by atoms with van der Waals surface area (Å²) in [6.45, 7) is 5.00. The van der Waals surface area contributed by atoms with Crippen LogP contribution in [0.5, 0.6) is 11.8 Å². The van der Waals surface area contributed by atoms with E-state index in [0.29, 0.717) is 25.0 Å². The number of aromatic nitrogens is 2. The van der Waals surface area contributed by atoms with Gasteiger partial charge in [-0.05, 0) is 13.8 Å². The minimum Gasteiger partial charge on any atom is -0.475 e. The highest BCUT2D eigenvalue weighted by molar-refractivity contribution is 5.57. The van der Waals surface area contributed by atoms with Gasteiger partial charge in [-0.15, -0.1) is 0 Å². The Hall–Kier alpha value is -1.97. The number of nitrogens with one attached hydrogen (secondary N) is 1. The van der Waals surface area contributed by atoms with Gasteiger partial charge in [0.2, 0.25) is 0 Å². The number of benzene rings is 1. The lowest BCUT2D eigenvalue weighted by Gasteiger charge is -2.02. The van der Waals surface area contributed by atoms with Gasteiger partial charge < -0.3 is 14.5 Å². The molecule has 0 saturated heterocycles. The van der Waals surface area contributed by atoms with Crippen LogP contribution in [0.2, 0.25) is 0 Å². The summed E-state index contributed by atoms with van der Waals surface area (Å²) in [7, 11) is 0. The van der Waals surface area contributed by atoms with Crippen molar-refractivity contribution in [1.82, 2.24) is 9.97 Å². The second-order valence-electron chi connectivity index (χ2n) is 3.45. The number of hydrogen-bond acceptors (Lipinski definition) is 3. The third-order valence-corrected chi connectivity index (χ3v) is 2.26. The van der Waals surface area contributed by atoms with Crippen LogP contribution in [0.4, 0.5) is 0 Å². The Morgan fingerprint density at radius 2 is 1.76 bits per heavy atom. The Kier molecular flexibility index (Phi) is 3.65. The zero-order valence-corrected chi connectivity index (χ0v) is 10.1. The number of hydrogen-bond donors (Lipinski definition) is 1. The molecule has 90 valence electrons. The fourth-order valence-corrected chi connectivity index (χ4v) is 1.55. The summed E-state index contributed by atoms with van der Waals surface area (Å²) >= 11 is 0. The molecule has 0 aliphatic rings. The molecule has 4 heteroatoms. The highest BCUT2D eigenvalue weighted by Crippen LogP contribution is 2.28. The molecule has 2 aromatic rings. The number of aromatic amines is 1. The number of nitrogens with zero attached hydrogens (tertiary/aromatic N) is 1. The van der Waals surface area contributed by atoms with Crippen LogP contribution in [-0.4, -0.2) is 23.2 Å². The molecule has 1 aromatic heterocycles. The van der Waals surface area contributed by atoms with Gasteiger partial charge in [0.25, 0.3) is 11.8 Å². The smallest absolute Gasteiger partial charge is 0.278 e. The Balaban J connectivity index is 2.33. The van der Waals surface area contributed by atoms with Gasteiger partial charge in [0.05, 0.1) is 13.2 Å². The molecule has 0 amide bonds. The van der Waals surface area contributed by atoms with E-state index in [2.05, 4.69) is 9.97 Å². The molecule has 0 atom stereocenters. The Bertz CT molecular complexity index is 442. The van der Waals surface area contributed by atoms with Gasteiger partial charge in [-0.1, -0.05) is 30.3 Å². The molecule has 0 spiro atoms. The molecule has 0 fully saturated rings. The minimum absolute atomic E-state index is 0.521. The van der Waals surface area contributed by atoms with Crippen molar-refractivity contribution in [3.8, 4) is 23.1 Å². The summed E-state index contributed by atoms with van der Waals surface area (Å²) in [6, 6.07) is 9.89. The highest BCUT2D eigenvalue weighted by atomic mass is 16.5. The first kappa shape index (κ1) is 11.5. The van der Waals surface area contributed by atoms with Crippen molar-refractivity contribution in [2.75, 3.05) is 13.2 Å². The lowest BCUT2D eigenvalue weighted by Crippen LogP contribution is -1.97. The fraction of sp³-hybridized carbons (Fsp3) is 0.308. The predicted molar refractivity (Wildman–Crippen MR) is 66.4 cm³/mol. The van der Waals surface area contributed by atoms with Crippen molar-refractivity contribution in [3.05, 3.63) is 30.3 Å². The number of rotatable bonds is 5. The molecule has 0 unspecified atom stereocenters.